The quantitative estimate of drug-likeness (QED) is 0.155. The molecular weight excluding hydrogens is 546 g/mol. The molecule has 12 heteroatoms. The van der Waals surface area contributed by atoms with E-state index in [9.17, 15) is 22.6 Å². The molecule has 3 aliphatic heterocycles. The molecule has 0 radical (unpaired) electrons. The van der Waals surface area contributed by atoms with Crippen molar-refractivity contribution in [3.05, 3.63) is 0 Å². The van der Waals surface area contributed by atoms with Crippen LogP contribution in [0.2, 0.25) is 0 Å². The van der Waals surface area contributed by atoms with Gasteiger partial charge in [-0.25, -0.2) is 13.2 Å². The number of nitrogens with zero attached hydrogens (tertiary/aromatic N) is 3. The van der Waals surface area contributed by atoms with Gasteiger partial charge in [0.2, 0.25) is 16.3 Å². The highest BCUT2D eigenvalue weighted by Gasteiger charge is 2.48. The zero-order chi connectivity index (χ0) is 30.3. The number of carbonyl (C=O) groups excluding carboxylic acids is 2. The molecule has 2 bridgehead atoms. The number of hydrogen-bond donors (Lipinski definition) is 2. The molecule has 3 heterocycles. The van der Waals surface area contributed by atoms with E-state index in [1.54, 1.807) is 0 Å². The standard InChI is InChI=1S/C16H36N.C13H22N4O6S/c1-5-9-13-17(14-10-6-2,15-11-7-3)16-12-8-4;18-12(15-9-2-1-6-14-7-5-9)11-4-3-10-8-16(11)13(19)17(10)23-24(20,21)22/h5-16H2,1-4H3;9-11,14H,1-8H2,(H,15,18)(H,20,21,22)/q+1;/p-1/t;9-,10+,11-/m.0/s1. The minimum absolute atomic E-state index is 0.0669. The number of carbonyl (C=O) groups is 2. The lowest BCUT2D eigenvalue weighted by Gasteiger charge is -2.39. The first-order valence-electron chi connectivity index (χ1n) is 16.2. The largest absolute Gasteiger partial charge is 0.724 e. The van der Waals surface area contributed by atoms with Crippen LogP contribution in [0.3, 0.4) is 0 Å². The molecule has 0 aliphatic carbocycles. The van der Waals surface area contributed by atoms with E-state index in [0.717, 1.165) is 32.4 Å². The van der Waals surface area contributed by atoms with Gasteiger partial charge >= 0.3 is 6.03 Å². The van der Waals surface area contributed by atoms with E-state index in [2.05, 4.69) is 42.6 Å². The number of unbranched alkanes of at least 4 members (excludes halogenated alkanes) is 4. The Morgan fingerprint density at radius 2 is 1.49 bits per heavy atom. The van der Waals surface area contributed by atoms with E-state index in [1.807, 2.05) is 0 Å². The summed E-state index contributed by atoms with van der Waals surface area (Å²) in [5.74, 6) is -0.236. The number of piperidine rings is 1. The van der Waals surface area contributed by atoms with Gasteiger partial charge in [0.15, 0.2) is 0 Å². The first kappa shape index (κ1) is 35.7. The van der Waals surface area contributed by atoms with Crippen LogP contribution in [0.25, 0.3) is 0 Å². The molecule has 11 nitrogen and oxygen atoms in total. The summed E-state index contributed by atoms with van der Waals surface area (Å²) in [6.45, 7) is 17.0. The van der Waals surface area contributed by atoms with Gasteiger partial charge in [0, 0.05) is 12.6 Å². The molecule has 41 heavy (non-hydrogen) atoms. The maximum absolute atomic E-state index is 12.5. The van der Waals surface area contributed by atoms with Crippen molar-refractivity contribution in [2.45, 2.75) is 129 Å². The summed E-state index contributed by atoms with van der Waals surface area (Å²) in [7, 11) is -5.02. The van der Waals surface area contributed by atoms with Gasteiger partial charge in [-0.05, 0) is 70.9 Å². The number of hydrogen-bond acceptors (Lipinski definition) is 7. The topological polar surface area (TPSA) is 131 Å². The number of quaternary nitrogens is 1. The van der Waals surface area contributed by atoms with Gasteiger partial charge in [-0.3, -0.25) is 4.79 Å². The predicted octanol–water partition coefficient (Wildman–Crippen LogP) is 3.91. The highest BCUT2D eigenvalue weighted by Crippen LogP contribution is 2.31. The molecule has 0 unspecified atom stereocenters. The summed E-state index contributed by atoms with van der Waals surface area (Å²) in [5.41, 5.74) is 0. The predicted molar refractivity (Wildman–Crippen MR) is 160 cm³/mol. The fourth-order valence-electron chi connectivity index (χ4n) is 6.21. The lowest BCUT2D eigenvalue weighted by molar-refractivity contribution is -0.929. The molecule has 0 saturated carbocycles. The van der Waals surface area contributed by atoms with Crippen LogP contribution in [0.4, 0.5) is 4.79 Å². The Balaban J connectivity index is 0.000000307. The average Bonchev–Trinajstić information content (AvgIpc) is 3.11. The number of rotatable bonds is 16. The summed E-state index contributed by atoms with van der Waals surface area (Å²) >= 11 is 0. The minimum Gasteiger partial charge on any atom is -0.724 e. The first-order chi connectivity index (χ1) is 19.6. The minimum atomic E-state index is -5.02. The molecule has 240 valence electrons. The Morgan fingerprint density at radius 3 is 2.00 bits per heavy atom. The molecule has 0 aromatic carbocycles. The zero-order valence-electron chi connectivity index (χ0n) is 26.1. The Morgan fingerprint density at radius 1 is 0.927 bits per heavy atom. The van der Waals surface area contributed by atoms with E-state index in [4.69, 9.17) is 0 Å². The summed E-state index contributed by atoms with van der Waals surface area (Å²) in [5, 5.41) is 6.84. The van der Waals surface area contributed by atoms with E-state index in [1.165, 1.54) is 86.9 Å². The lowest BCUT2D eigenvalue weighted by Crippen LogP contribution is -2.52. The van der Waals surface area contributed by atoms with Gasteiger partial charge < -0.3 is 24.6 Å². The van der Waals surface area contributed by atoms with Crippen LogP contribution in [0, 0.1) is 0 Å². The molecular formula is C29H57N5O6S. The van der Waals surface area contributed by atoms with Gasteiger partial charge in [0.25, 0.3) is 0 Å². The highest BCUT2D eigenvalue weighted by atomic mass is 32.3. The normalized spacial score (nSPS) is 23.1. The molecule has 2 N–H and O–H groups in total. The van der Waals surface area contributed by atoms with Crippen LogP contribution in [-0.4, -0.2) is 103 Å². The van der Waals surface area contributed by atoms with E-state index < -0.39 is 28.5 Å². The molecule has 3 amide bonds. The Hall–Kier alpha value is -1.47. The second-order valence-corrected chi connectivity index (χ2v) is 13.0. The zero-order valence-corrected chi connectivity index (χ0v) is 26.9. The lowest BCUT2D eigenvalue weighted by atomic mass is 9.99. The first-order valence-corrected chi connectivity index (χ1v) is 17.5. The SMILES string of the molecule is CCCC[N+](CCCC)(CCCC)CCCC.O=C(N[C@H]1CCCNCC1)[C@@H]1CC[C@@H]2CN1C(=O)N2OS(=O)(=O)[O-]. The fraction of sp³-hybridized carbons (Fsp3) is 0.931. The van der Waals surface area contributed by atoms with Crippen molar-refractivity contribution in [2.75, 3.05) is 45.8 Å². The third-order valence-electron chi connectivity index (χ3n) is 8.66. The van der Waals surface area contributed by atoms with Crippen LogP contribution < -0.4 is 10.6 Å². The molecule has 0 aromatic heterocycles. The summed E-state index contributed by atoms with van der Waals surface area (Å²) in [6, 6.07) is -1.86. The van der Waals surface area contributed by atoms with Crippen LogP contribution in [0.15, 0.2) is 0 Å². The van der Waals surface area contributed by atoms with E-state index >= 15 is 0 Å². The molecule has 3 fully saturated rings. The maximum Gasteiger partial charge on any atom is 0.346 e. The second-order valence-electron chi connectivity index (χ2n) is 12.0. The fourth-order valence-corrected chi connectivity index (χ4v) is 6.59. The third kappa shape index (κ3) is 12.0. The number of urea groups is 1. The Kier molecular flexibility index (Phi) is 15.9. The van der Waals surface area contributed by atoms with Crippen LogP contribution in [0.1, 0.15) is 111 Å². The number of amides is 3. The second kappa shape index (κ2) is 18.3. The van der Waals surface area contributed by atoms with Crippen molar-refractivity contribution in [1.82, 2.24) is 20.6 Å². The average molecular weight is 604 g/mol. The van der Waals surface area contributed by atoms with Crippen LogP contribution in [0.5, 0.6) is 0 Å². The van der Waals surface area contributed by atoms with Crippen LogP contribution in [-0.2, 0) is 19.5 Å². The van der Waals surface area contributed by atoms with Gasteiger partial charge in [-0.2, -0.15) is 9.35 Å². The van der Waals surface area contributed by atoms with Gasteiger partial charge in [0.1, 0.15) is 6.04 Å². The summed E-state index contributed by atoms with van der Waals surface area (Å²) in [6.07, 6.45) is 14.6. The smallest absolute Gasteiger partial charge is 0.346 e. The monoisotopic (exact) mass is 603 g/mol. The van der Waals surface area contributed by atoms with Crippen molar-refractivity contribution in [1.29, 1.82) is 0 Å². The highest BCUT2D eigenvalue weighted by molar-refractivity contribution is 7.80. The third-order valence-corrected chi connectivity index (χ3v) is 9.01. The Labute approximate surface area is 249 Å². The number of nitrogens with one attached hydrogen (secondary N) is 2. The molecule has 3 atom stereocenters. The van der Waals surface area contributed by atoms with Gasteiger partial charge in [-0.1, -0.05) is 53.4 Å². The van der Waals surface area contributed by atoms with Crippen molar-refractivity contribution in [2.24, 2.45) is 0 Å². The summed E-state index contributed by atoms with van der Waals surface area (Å²) in [4.78, 5) is 26.1. The van der Waals surface area contributed by atoms with Crippen molar-refractivity contribution < 1.29 is 31.3 Å². The van der Waals surface area contributed by atoms with Gasteiger partial charge in [0.05, 0.1) is 32.2 Å². The molecule has 0 aromatic rings. The van der Waals surface area contributed by atoms with E-state index in [-0.39, 0.29) is 18.5 Å². The number of hydroxylamine groups is 2. The van der Waals surface area contributed by atoms with Gasteiger partial charge in [-0.15, -0.1) is 0 Å². The van der Waals surface area contributed by atoms with Crippen molar-refractivity contribution in [3.63, 3.8) is 0 Å². The molecule has 0 spiro atoms. The molecule has 3 rings (SSSR count). The molecule has 3 saturated heterocycles. The Bertz CT molecular complexity index is 843. The van der Waals surface area contributed by atoms with Crippen molar-refractivity contribution >= 4 is 22.3 Å². The maximum atomic E-state index is 12.5. The molecule has 3 aliphatic rings. The number of fused-ring (bicyclic) bond motifs is 2. The van der Waals surface area contributed by atoms with E-state index in [0.29, 0.717) is 17.9 Å². The van der Waals surface area contributed by atoms with Crippen LogP contribution >= 0.6 is 0 Å². The van der Waals surface area contributed by atoms with Crippen molar-refractivity contribution in [3.8, 4) is 0 Å². The summed E-state index contributed by atoms with van der Waals surface area (Å²) < 4.78 is 37.9.